The minimum atomic E-state index is -1.44. The van der Waals surface area contributed by atoms with E-state index in [0.29, 0.717) is 11.1 Å². The molecule has 8 N–H and O–H groups in total. The number of ether oxygens (including phenoxy) is 3. The lowest BCUT2D eigenvalue weighted by molar-refractivity contribution is -0.184. The second-order valence-corrected chi connectivity index (χ2v) is 9.92. The van der Waals surface area contributed by atoms with Crippen LogP contribution in [-0.2, 0) is 4.74 Å². The molecule has 2 aliphatic heterocycles. The van der Waals surface area contributed by atoms with Gasteiger partial charge in [-0.05, 0) is 59.7 Å². The summed E-state index contributed by atoms with van der Waals surface area (Å²) >= 11 is 0. The number of phenolic OH excluding ortho intramolecular Hbond substituents is 6. The molecule has 0 fully saturated rings. The molecule has 0 radical (unpaired) electrons. The summed E-state index contributed by atoms with van der Waals surface area (Å²) < 4.78 is 18.4. The van der Waals surface area contributed by atoms with Gasteiger partial charge in [-0.25, -0.2) is 0 Å². The van der Waals surface area contributed by atoms with E-state index in [2.05, 4.69) is 0 Å². The monoisotopic (exact) mass is 562 g/mol. The molecule has 2 heterocycles. The number of aliphatic hydroxyl groups is 2. The van der Waals surface area contributed by atoms with E-state index in [0.717, 1.165) is 0 Å². The molecule has 0 saturated heterocycles. The van der Waals surface area contributed by atoms with Crippen molar-refractivity contribution in [2.24, 2.45) is 0 Å². The molecular weight excluding hydrogens is 536 g/mol. The number of aliphatic hydroxyl groups excluding tert-OH is 2. The van der Waals surface area contributed by atoms with Crippen LogP contribution in [0.5, 0.6) is 46.0 Å². The molecule has 11 nitrogen and oxygen atoms in total. The third-order valence-electron chi connectivity index (χ3n) is 7.37. The Morgan fingerprint density at radius 3 is 1.56 bits per heavy atom. The minimum absolute atomic E-state index is 0.0140. The molecule has 0 saturated carbocycles. The van der Waals surface area contributed by atoms with E-state index in [-0.39, 0.29) is 34.1 Å². The number of aromatic hydroxyl groups is 6. The highest BCUT2D eigenvalue weighted by molar-refractivity contribution is 5.58. The second-order valence-electron chi connectivity index (χ2n) is 9.92. The minimum Gasteiger partial charge on any atom is -0.508 e. The number of rotatable bonds is 4. The molecule has 4 aromatic rings. The van der Waals surface area contributed by atoms with Crippen molar-refractivity contribution in [3.63, 3.8) is 0 Å². The van der Waals surface area contributed by atoms with Gasteiger partial charge in [-0.15, -0.1) is 0 Å². The molecule has 0 spiro atoms. The van der Waals surface area contributed by atoms with E-state index >= 15 is 0 Å². The molecule has 6 atom stereocenters. The maximum atomic E-state index is 11.6. The van der Waals surface area contributed by atoms with Gasteiger partial charge in [0, 0.05) is 11.1 Å². The van der Waals surface area contributed by atoms with Crippen LogP contribution in [-0.4, -0.2) is 53.1 Å². The zero-order valence-electron chi connectivity index (χ0n) is 21.2. The van der Waals surface area contributed by atoms with Gasteiger partial charge >= 0.3 is 0 Å². The van der Waals surface area contributed by atoms with Gasteiger partial charge in [-0.1, -0.05) is 24.3 Å². The lowest BCUT2D eigenvalue weighted by atomic mass is 9.89. The number of hydrogen-bond donors (Lipinski definition) is 8. The van der Waals surface area contributed by atoms with Crippen LogP contribution in [0.1, 0.15) is 46.7 Å². The summed E-state index contributed by atoms with van der Waals surface area (Å²) in [6, 6.07) is 16.9. The van der Waals surface area contributed by atoms with Gasteiger partial charge in [-0.3, -0.25) is 0 Å². The first kappa shape index (κ1) is 26.4. The molecule has 0 amide bonds. The SMILES string of the molecule is Oc1ccc(C2Oc3c(ccc(O)c3O)C(OC3C(O)c4ccc(O)c(O)c4OC3c3ccc(O)cc3)C2O)cc1. The van der Waals surface area contributed by atoms with Crippen LogP contribution < -0.4 is 9.47 Å². The maximum absolute atomic E-state index is 11.6. The molecule has 4 aromatic carbocycles. The third kappa shape index (κ3) is 4.45. The van der Waals surface area contributed by atoms with Crippen molar-refractivity contribution in [1.82, 2.24) is 0 Å². The molecule has 11 heteroatoms. The fourth-order valence-corrected chi connectivity index (χ4v) is 5.25. The first-order chi connectivity index (χ1) is 19.6. The Kier molecular flexibility index (Phi) is 6.41. The zero-order chi connectivity index (χ0) is 29.0. The zero-order valence-corrected chi connectivity index (χ0v) is 21.2. The van der Waals surface area contributed by atoms with Crippen molar-refractivity contribution < 1.29 is 55.1 Å². The average Bonchev–Trinajstić information content (AvgIpc) is 2.96. The normalized spacial score (nSPS) is 24.9. The number of fused-ring (bicyclic) bond motifs is 2. The van der Waals surface area contributed by atoms with Crippen molar-refractivity contribution in [3.8, 4) is 46.0 Å². The lowest BCUT2D eigenvalue weighted by Gasteiger charge is -2.43. The van der Waals surface area contributed by atoms with Crippen LogP contribution in [0.4, 0.5) is 0 Å². The van der Waals surface area contributed by atoms with Gasteiger partial charge in [-0.2, -0.15) is 0 Å². The Hall–Kier alpha value is -4.84. The van der Waals surface area contributed by atoms with Gasteiger partial charge in [0.2, 0.25) is 11.5 Å². The van der Waals surface area contributed by atoms with Crippen molar-refractivity contribution >= 4 is 0 Å². The van der Waals surface area contributed by atoms with Gasteiger partial charge in [0.1, 0.15) is 35.9 Å². The molecule has 0 aliphatic carbocycles. The van der Waals surface area contributed by atoms with Crippen LogP contribution >= 0.6 is 0 Å². The Morgan fingerprint density at radius 2 is 1.00 bits per heavy atom. The smallest absolute Gasteiger partial charge is 0.200 e. The molecule has 2 aliphatic rings. The quantitative estimate of drug-likeness (QED) is 0.169. The molecular formula is C30H26O11. The molecule has 212 valence electrons. The topological polar surface area (TPSA) is 190 Å². The molecule has 6 unspecified atom stereocenters. The summed E-state index contributed by atoms with van der Waals surface area (Å²) in [7, 11) is 0. The second kappa shape index (κ2) is 9.97. The fraction of sp³-hybridized carbons (Fsp3) is 0.200. The van der Waals surface area contributed by atoms with E-state index in [1.807, 2.05) is 0 Å². The van der Waals surface area contributed by atoms with E-state index < -0.39 is 59.6 Å². The van der Waals surface area contributed by atoms with E-state index in [4.69, 9.17) is 14.2 Å². The summed E-state index contributed by atoms with van der Waals surface area (Å²) in [6.45, 7) is 0. The van der Waals surface area contributed by atoms with E-state index in [1.165, 1.54) is 72.8 Å². The lowest BCUT2D eigenvalue weighted by Crippen LogP contribution is -2.43. The molecule has 0 bridgehead atoms. The van der Waals surface area contributed by atoms with Crippen LogP contribution in [0, 0.1) is 0 Å². The summed E-state index contributed by atoms with van der Waals surface area (Å²) in [5, 5.41) is 84.0. The first-order valence-corrected chi connectivity index (χ1v) is 12.7. The largest absolute Gasteiger partial charge is 0.508 e. The fourth-order valence-electron chi connectivity index (χ4n) is 5.25. The first-order valence-electron chi connectivity index (χ1n) is 12.7. The number of benzene rings is 4. The molecule has 0 aromatic heterocycles. The van der Waals surface area contributed by atoms with Crippen LogP contribution in [0.3, 0.4) is 0 Å². The van der Waals surface area contributed by atoms with Crippen molar-refractivity contribution in [2.45, 2.75) is 36.6 Å². The van der Waals surface area contributed by atoms with E-state index in [1.54, 1.807) is 0 Å². The van der Waals surface area contributed by atoms with Crippen LogP contribution in [0.25, 0.3) is 0 Å². The van der Waals surface area contributed by atoms with Crippen molar-refractivity contribution in [2.75, 3.05) is 0 Å². The summed E-state index contributed by atoms with van der Waals surface area (Å²) in [4.78, 5) is 0. The highest BCUT2D eigenvalue weighted by Gasteiger charge is 2.47. The third-order valence-corrected chi connectivity index (χ3v) is 7.37. The molecule has 6 rings (SSSR count). The van der Waals surface area contributed by atoms with Gasteiger partial charge < -0.3 is 55.1 Å². The Balaban J connectivity index is 1.46. The van der Waals surface area contributed by atoms with Gasteiger partial charge in [0.25, 0.3) is 0 Å². The van der Waals surface area contributed by atoms with Gasteiger partial charge in [0.05, 0.1) is 0 Å². The summed E-state index contributed by atoms with van der Waals surface area (Å²) in [5.41, 5.74) is 1.16. The Morgan fingerprint density at radius 1 is 0.537 bits per heavy atom. The van der Waals surface area contributed by atoms with Crippen molar-refractivity contribution in [3.05, 3.63) is 95.1 Å². The predicted molar refractivity (Wildman–Crippen MR) is 141 cm³/mol. The Bertz CT molecular complexity index is 1590. The standard InChI is InChI=1S/C30H26O11/c31-15-5-1-13(2-6-15)25-24(38)29(18-10-12-20(34)23(37)28(18)39-25)41-30-21(35)17-9-11-19(33)22(36)27(17)40-26(30)14-3-7-16(32)8-4-14/h1-12,21,24-26,29-38H. The maximum Gasteiger partial charge on any atom is 0.200 e. The summed E-state index contributed by atoms with van der Waals surface area (Å²) in [5.74, 6) is -2.41. The van der Waals surface area contributed by atoms with Crippen LogP contribution in [0.2, 0.25) is 0 Å². The Labute approximate surface area is 232 Å². The van der Waals surface area contributed by atoms with Crippen molar-refractivity contribution in [1.29, 1.82) is 0 Å². The van der Waals surface area contributed by atoms with Crippen LogP contribution in [0.15, 0.2) is 72.8 Å². The highest BCUT2D eigenvalue weighted by atomic mass is 16.6. The number of phenols is 6. The van der Waals surface area contributed by atoms with Gasteiger partial charge in [0.15, 0.2) is 35.2 Å². The predicted octanol–water partition coefficient (Wildman–Crippen LogP) is 3.71. The van der Waals surface area contributed by atoms with E-state index in [9.17, 15) is 40.9 Å². The average molecular weight is 563 g/mol. The number of hydrogen-bond acceptors (Lipinski definition) is 11. The highest BCUT2D eigenvalue weighted by Crippen LogP contribution is 2.54. The summed E-state index contributed by atoms with van der Waals surface area (Å²) in [6.07, 6.45) is -7.58. The molecule has 41 heavy (non-hydrogen) atoms.